The van der Waals surface area contributed by atoms with E-state index in [0.717, 1.165) is 6.26 Å². The Morgan fingerprint density at radius 3 is 2.17 bits per heavy atom. The molecular formula is C20H20FN3O4S2. The molecule has 0 radical (unpaired) electrons. The molecule has 0 fully saturated rings. The maximum atomic E-state index is 13.4. The summed E-state index contributed by atoms with van der Waals surface area (Å²) in [5.41, 5.74) is 1.30. The second-order valence-corrected chi connectivity index (χ2v) is 10.5. The molecule has 3 rings (SSSR count). The highest BCUT2D eigenvalue weighted by Crippen LogP contribution is 2.28. The quantitative estimate of drug-likeness (QED) is 0.575. The first-order chi connectivity index (χ1) is 14.1. The fourth-order valence-electron chi connectivity index (χ4n) is 2.83. The smallest absolute Gasteiger partial charge is 0.241 e. The topological polar surface area (TPSA) is 105 Å². The Balaban J connectivity index is 2.02. The molecule has 0 bridgehead atoms. The van der Waals surface area contributed by atoms with Crippen LogP contribution in [-0.2, 0) is 19.9 Å². The maximum absolute atomic E-state index is 13.4. The number of nitrogens with zero attached hydrogens (tertiary/aromatic N) is 1. The minimum absolute atomic E-state index is 0.00737. The van der Waals surface area contributed by atoms with Crippen LogP contribution in [-0.4, -0.2) is 35.1 Å². The molecule has 0 saturated carbocycles. The van der Waals surface area contributed by atoms with Crippen molar-refractivity contribution < 1.29 is 21.2 Å². The number of nitrogens with one attached hydrogen (secondary N) is 2. The number of halogens is 1. The lowest BCUT2D eigenvalue weighted by Gasteiger charge is -2.21. The molecule has 7 nitrogen and oxygen atoms in total. The number of anilines is 1. The Bertz CT molecular complexity index is 1240. The highest BCUT2D eigenvalue weighted by Gasteiger charge is 2.18. The van der Waals surface area contributed by atoms with Gasteiger partial charge >= 0.3 is 0 Å². The van der Waals surface area contributed by atoms with E-state index in [1.54, 1.807) is 24.3 Å². The first-order valence-corrected chi connectivity index (χ1v) is 12.2. The van der Waals surface area contributed by atoms with E-state index in [0.29, 0.717) is 16.9 Å². The van der Waals surface area contributed by atoms with Crippen molar-refractivity contribution in [1.29, 1.82) is 0 Å². The van der Waals surface area contributed by atoms with Gasteiger partial charge in [-0.2, -0.15) is 0 Å². The van der Waals surface area contributed by atoms with E-state index < -0.39 is 31.7 Å². The van der Waals surface area contributed by atoms with Crippen molar-refractivity contribution in [1.82, 2.24) is 9.71 Å². The summed E-state index contributed by atoms with van der Waals surface area (Å²) in [7, 11) is -5.74. The zero-order valence-electron chi connectivity index (χ0n) is 16.2. The number of sulfone groups is 1. The molecule has 158 valence electrons. The lowest BCUT2D eigenvalue weighted by molar-refractivity contribution is 0.587. The van der Waals surface area contributed by atoms with Crippen molar-refractivity contribution in [3.05, 3.63) is 83.8 Å². The molecule has 3 aromatic rings. The molecule has 0 spiro atoms. The zero-order valence-corrected chi connectivity index (χ0v) is 17.8. The average Bonchev–Trinajstić information content (AvgIpc) is 2.72. The number of benzene rings is 2. The third-order valence-electron chi connectivity index (χ3n) is 4.43. The minimum Gasteiger partial charge on any atom is -0.359 e. The van der Waals surface area contributed by atoms with E-state index in [1.807, 2.05) is 0 Å². The van der Waals surface area contributed by atoms with Crippen molar-refractivity contribution in [2.75, 3.05) is 18.6 Å². The largest absolute Gasteiger partial charge is 0.359 e. The summed E-state index contributed by atoms with van der Waals surface area (Å²) < 4.78 is 63.3. The molecule has 0 saturated heterocycles. The van der Waals surface area contributed by atoms with Crippen LogP contribution in [0.1, 0.15) is 17.2 Å². The van der Waals surface area contributed by atoms with Crippen LogP contribution in [0, 0.1) is 5.82 Å². The summed E-state index contributed by atoms with van der Waals surface area (Å²) in [6.07, 6.45) is 2.33. The van der Waals surface area contributed by atoms with Crippen LogP contribution < -0.4 is 10.0 Å². The van der Waals surface area contributed by atoms with Crippen LogP contribution in [0.2, 0.25) is 0 Å². The normalized spacial score (nSPS) is 13.0. The average molecular weight is 450 g/mol. The van der Waals surface area contributed by atoms with Gasteiger partial charge in [0.25, 0.3) is 0 Å². The second-order valence-electron chi connectivity index (χ2n) is 6.56. The minimum atomic E-state index is -3.62. The molecule has 1 heterocycles. The van der Waals surface area contributed by atoms with Crippen LogP contribution in [0.25, 0.3) is 0 Å². The molecule has 0 aliphatic rings. The van der Waals surface area contributed by atoms with Gasteiger partial charge in [-0.1, -0.05) is 24.3 Å². The predicted molar refractivity (Wildman–Crippen MR) is 112 cm³/mol. The lowest BCUT2D eigenvalue weighted by atomic mass is 9.98. The number of sulfonamides is 1. The van der Waals surface area contributed by atoms with Crippen molar-refractivity contribution in [2.45, 2.75) is 15.8 Å². The van der Waals surface area contributed by atoms with E-state index in [1.165, 1.54) is 49.6 Å². The van der Waals surface area contributed by atoms with Gasteiger partial charge in [0, 0.05) is 12.5 Å². The monoisotopic (exact) mass is 449 g/mol. The van der Waals surface area contributed by atoms with Gasteiger partial charge in [-0.05, 0) is 54.6 Å². The molecule has 2 N–H and O–H groups in total. The summed E-state index contributed by atoms with van der Waals surface area (Å²) in [6, 6.07) is 14.5. The van der Waals surface area contributed by atoms with Gasteiger partial charge in [-0.3, -0.25) is 0 Å². The van der Waals surface area contributed by atoms with E-state index >= 15 is 0 Å². The molecule has 1 unspecified atom stereocenters. The van der Waals surface area contributed by atoms with Gasteiger partial charge in [0.2, 0.25) is 10.0 Å². The molecule has 0 amide bonds. The third kappa shape index (κ3) is 5.02. The summed E-state index contributed by atoms with van der Waals surface area (Å²) in [6.45, 7) is 0. The molecule has 0 aliphatic heterocycles. The number of pyridine rings is 1. The van der Waals surface area contributed by atoms with E-state index in [9.17, 15) is 21.2 Å². The molecule has 1 atom stereocenters. The number of hydrogen-bond acceptors (Lipinski definition) is 6. The number of hydrogen-bond donors (Lipinski definition) is 2. The Hall–Kier alpha value is -2.82. The van der Waals surface area contributed by atoms with Crippen LogP contribution in [0.3, 0.4) is 0 Å². The summed E-state index contributed by atoms with van der Waals surface area (Å²) in [4.78, 5) is 4.31. The highest BCUT2D eigenvalue weighted by molar-refractivity contribution is 7.90. The van der Waals surface area contributed by atoms with Gasteiger partial charge in [0.05, 0.1) is 10.9 Å². The van der Waals surface area contributed by atoms with Crippen LogP contribution in [0.4, 0.5) is 10.2 Å². The third-order valence-corrected chi connectivity index (χ3v) is 6.94. The van der Waals surface area contributed by atoms with Gasteiger partial charge in [0.1, 0.15) is 16.5 Å². The molecular weight excluding hydrogens is 429 g/mol. The Morgan fingerprint density at radius 1 is 0.900 bits per heavy atom. The van der Waals surface area contributed by atoms with E-state index in [4.69, 9.17) is 0 Å². The summed E-state index contributed by atoms with van der Waals surface area (Å²) >= 11 is 0. The van der Waals surface area contributed by atoms with Crippen LogP contribution >= 0.6 is 0 Å². The fourth-order valence-corrected chi connectivity index (χ4v) is 4.18. The van der Waals surface area contributed by atoms with Gasteiger partial charge < -0.3 is 5.32 Å². The maximum Gasteiger partial charge on any atom is 0.241 e. The van der Waals surface area contributed by atoms with Gasteiger partial charge in [-0.25, -0.2) is 30.9 Å². The Kier molecular flexibility index (Phi) is 6.20. The van der Waals surface area contributed by atoms with Crippen molar-refractivity contribution in [2.24, 2.45) is 0 Å². The Morgan fingerprint density at radius 2 is 1.60 bits per heavy atom. The molecule has 0 aliphatic carbocycles. The number of aromatic nitrogens is 1. The van der Waals surface area contributed by atoms with E-state index in [2.05, 4.69) is 15.0 Å². The second kappa shape index (κ2) is 8.50. The Labute approximate surface area is 175 Å². The highest BCUT2D eigenvalue weighted by atomic mass is 32.2. The summed E-state index contributed by atoms with van der Waals surface area (Å²) in [5.74, 6) is -0.0359. The molecule has 1 aromatic heterocycles. The van der Waals surface area contributed by atoms with Gasteiger partial charge in [0.15, 0.2) is 9.84 Å². The lowest BCUT2D eigenvalue weighted by Crippen LogP contribution is -2.19. The van der Waals surface area contributed by atoms with Gasteiger partial charge in [-0.15, -0.1) is 0 Å². The van der Waals surface area contributed by atoms with Crippen molar-refractivity contribution >= 4 is 25.7 Å². The van der Waals surface area contributed by atoms with Crippen molar-refractivity contribution in [3.63, 3.8) is 0 Å². The fraction of sp³-hybridized carbons (Fsp3) is 0.150. The van der Waals surface area contributed by atoms with Crippen LogP contribution in [0.15, 0.2) is 76.7 Å². The first kappa shape index (κ1) is 21.9. The molecule has 30 heavy (non-hydrogen) atoms. The van der Waals surface area contributed by atoms with Crippen molar-refractivity contribution in [3.8, 4) is 0 Å². The predicted octanol–water partition coefficient (Wildman–Crippen LogP) is 2.73. The standard InChI is InChI=1S/C20H20FN3O4S2/c1-22-30(27,28)18-10-11-19(23-13-18)24-20(14-6-8-16(21)9-7-14)15-4-3-5-17(12-15)29(2,25)26/h3-13,20,22H,1-2H3,(H,23,24). The van der Waals surface area contributed by atoms with E-state index in [-0.39, 0.29) is 9.79 Å². The zero-order chi connectivity index (χ0) is 21.9. The summed E-state index contributed by atoms with van der Waals surface area (Å²) in [5, 5.41) is 3.16. The first-order valence-electron chi connectivity index (χ1n) is 8.82. The molecule has 10 heteroatoms. The molecule has 2 aromatic carbocycles. The number of rotatable bonds is 7. The SMILES string of the molecule is CNS(=O)(=O)c1ccc(NC(c2ccc(F)cc2)c2cccc(S(C)(=O)=O)c2)nc1. The van der Waals surface area contributed by atoms with Crippen LogP contribution in [0.5, 0.6) is 0 Å².